The molecule has 27 heavy (non-hydrogen) atoms. The highest BCUT2D eigenvalue weighted by atomic mass is 16.1. The number of nitrogens with one attached hydrogen (secondary N) is 1. The van der Waals surface area contributed by atoms with Crippen LogP contribution in [0, 0.1) is 6.92 Å². The monoisotopic (exact) mass is 364 g/mol. The maximum atomic E-state index is 12.5. The van der Waals surface area contributed by atoms with Gasteiger partial charge in [0, 0.05) is 43.8 Å². The Balaban J connectivity index is 1.64. The largest absolute Gasteiger partial charge is 0.345 e. The third kappa shape index (κ3) is 3.19. The number of rotatable bonds is 5. The number of carbonyl (C=O) groups is 1. The third-order valence-electron chi connectivity index (χ3n) is 4.34. The van der Waals surface area contributed by atoms with Gasteiger partial charge in [-0.2, -0.15) is 15.3 Å². The minimum Gasteiger partial charge on any atom is -0.345 e. The minimum atomic E-state index is -0.266. The van der Waals surface area contributed by atoms with Crippen molar-refractivity contribution in [2.45, 2.75) is 26.9 Å². The van der Waals surface area contributed by atoms with E-state index in [-0.39, 0.29) is 5.91 Å². The van der Waals surface area contributed by atoms with E-state index in [1.54, 1.807) is 21.5 Å². The van der Waals surface area contributed by atoms with E-state index < -0.39 is 0 Å². The summed E-state index contributed by atoms with van der Waals surface area (Å²) in [6.45, 7) is 5.12. The maximum Gasteiger partial charge on any atom is 0.272 e. The Bertz CT molecular complexity index is 1120. The first-order valence-electron chi connectivity index (χ1n) is 8.71. The van der Waals surface area contributed by atoms with Crippen LogP contribution in [0.4, 0.5) is 0 Å². The van der Waals surface area contributed by atoms with Gasteiger partial charge in [-0.15, -0.1) is 0 Å². The van der Waals surface area contributed by atoms with Crippen molar-refractivity contribution in [3.8, 4) is 11.3 Å². The smallest absolute Gasteiger partial charge is 0.272 e. The van der Waals surface area contributed by atoms with Crippen LogP contribution in [0.5, 0.6) is 0 Å². The molecule has 0 bridgehead atoms. The number of nitrogens with zero attached hydrogens (tertiary/aromatic N) is 7. The lowest BCUT2D eigenvalue weighted by Crippen LogP contribution is -2.23. The van der Waals surface area contributed by atoms with Gasteiger partial charge in [-0.1, -0.05) is 0 Å². The van der Waals surface area contributed by atoms with Crippen molar-refractivity contribution in [1.82, 2.24) is 39.5 Å². The van der Waals surface area contributed by atoms with Crippen LogP contribution < -0.4 is 5.32 Å². The second-order valence-corrected chi connectivity index (χ2v) is 6.28. The molecule has 4 aromatic heterocycles. The standard InChI is InChI=1S/C18H20N8O/c1-4-25-11-14(12(2)21-25)16-5-7-19-17-9-15(23-26(16)17)18(27)20-10-13-6-8-24(3)22-13/h5-9,11H,4,10H2,1-3H3,(H,20,27). The molecule has 138 valence electrons. The summed E-state index contributed by atoms with van der Waals surface area (Å²) in [5.41, 5.74) is 4.43. The summed E-state index contributed by atoms with van der Waals surface area (Å²) in [7, 11) is 1.84. The van der Waals surface area contributed by atoms with Crippen molar-refractivity contribution in [2.24, 2.45) is 7.05 Å². The normalized spacial score (nSPS) is 11.2. The average Bonchev–Trinajstić information content (AvgIpc) is 3.37. The fourth-order valence-electron chi connectivity index (χ4n) is 2.96. The van der Waals surface area contributed by atoms with Crippen LogP contribution in [0.1, 0.15) is 28.8 Å². The molecule has 1 N–H and O–H groups in total. The third-order valence-corrected chi connectivity index (χ3v) is 4.34. The zero-order valence-electron chi connectivity index (χ0n) is 15.4. The Hall–Kier alpha value is -3.49. The predicted molar refractivity (Wildman–Crippen MR) is 99.0 cm³/mol. The summed E-state index contributed by atoms with van der Waals surface area (Å²) in [5.74, 6) is -0.266. The van der Waals surface area contributed by atoms with Crippen LogP contribution in [0.3, 0.4) is 0 Å². The van der Waals surface area contributed by atoms with Crippen molar-refractivity contribution in [3.05, 3.63) is 53.9 Å². The van der Waals surface area contributed by atoms with Gasteiger partial charge in [-0.3, -0.25) is 14.2 Å². The van der Waals surface area contributed by atoms with E-state index in [1.807, 2.05) is 50.1 Å². The van der Waals surface area contributed by atoms with Gasteiger partial charge in [0.2, 0.25) is 0 Å². The van der Waals surface area contributed by atoms with Gasteiger partial charge in [0.15, 0.2) is 11.3 Å². The van der Waals surface area contributed by atoms with E-state index in [2.05, 4.69) is 25.6 Å². The van der Waals surface area contributed by atoms with Gasteiger partial charge in [0.25, 0.3) is 5.91 Å². The number of fused-ring (bicyclic) bond motifs is 1. The second-order valence-electron chi connectivity index (χ2n) is 6.28. The molecule has 9 heteroatoms. The van der Waals surface area contributed by atoms with Crippen LogP contribution in [0.25, 0.3) is 16.9 Å². The Labute approximate surface area is 155 Å². The first-order chi connectivity index (χ1) is 13.0. The number of aryl methyl sites for hydroxylation is 3. The molecule has 4 aromatic rings. The lowest BCUT2D eigenvalue weighted by atomic mass is 10.2. The lowest BCUT2D eigenvalue weighted by Gasteiger charge is -2.02. The highest BCUT2D eigenvalue weighted by molar-refractivity contribution is 5.93. The van der Waals surface area contributed by atoms with Crippen LogP contribution in [-0.4, -0.2) is 40.1 Å². The van der Waals surface area contributed by atoms with Gasteiger partial charge in [0.1, 0.15) is 0 Å². The molecule has 4 rings (SSSR count). The quantitative estimate of drug-likeness (QED) is 0.580. The molecule has 0 aliphatic carbocycles. The molecule has 0 fully saturated rings. The van der Waals surface area contributed by atoms with Gasteiger partial charge < -0.3 is 5.32 Å². The molecule has 9 nitrogen and oxygen atoms in total. The van der Waals surface area contributed by atoms with Crippen molar-refractivity contribution in [3.63, 3.8) is 0 Å². The number of hydrogen-bond donors (Lipinski definition) is 1. The number of aromatic nitrogens is 7. The van der Waals surface area contributed by atoms with Crippen molar-refractivity contribution >= 4 is 11.6 Å². The minimum absolute atomic E-state index is 0.266. The van der Waals surface area contributed by atoms with Crippen LogP contribution >= 0.6 is 0 Å². The van der Waals surface area contributed by atoms with E-state index in [4.69, 9.17) is 0 Å². The van der Waals surface area contributed by atoms with Gasteiger partial charge in [0.05, 0.1) is 23.6 Å². The van der Waals surface area contributed by atoms with Gasteiger partial charge in [-0.25, -0.2) is 9.50 Å². The van der Waals surface area contributed by atoms with E-state index in [0.29, 0.717) is 17.9 Å². The van der Waals surface area contributed by atoms with Crippen molar-refractivity contribution in [2.75, 3.05) is 0 Å². The van der Waals surface area contributed by atoms with Crippen LogP contribution in [0.15, 0.2) is 36.8 Å². The van der Waals surface area contributed by atoms with E-state index in [0.717, 1.165) is 29.2 Å². The molecule has 0 radical (unpaired) electrons. The SMILES string of the molecule is CCn1cc(-c2ccnc3cc(C(=O)NCc4ccn(C)n4)nn23)c(C)n1. The second kappa shape index (κ2) is 6.67. The molecule has 4 heterocycles. The Morgan fingerprint density at radius 2 is 2.07 bits per heavy atom. The molecule has 0 aliphatic rings. The zero-order chi connectivity index (χ0) is 19.0. The average molecular weight is 364 g/mol. The van der Waals surface area contributed by atoms with Crippen molar-refractivity contribution in [1.29, 1.82) is 0 Å². The van der Waals surface area contributed by atoms with Gasteiger partial charge in [-0.05, 0) is 26.0 Å². The summed E-state index contributed by atoms with van der Waals surface area (Å²) in [6, 6.07) is 5.41. The number of hydrogen-bond acceptors (Lipinski definition) is 5. The van der Waals surface area contributed by atoms with E-state index in [9.17, 15) is 4.79 Å². The zero-order valence-corrected chi connectivity index (χ0v) is 15.4. The molecular weight excluding hydrogens is 344 g/mol. The summed E-state index contributed by atoms with van der Waals surface area (Å²) in [6.07, 6.45) is 5.53. The van der Waals surface area contributed by atoms with Crippen LogP contribution in [-0.2, 0) is 20.1 Å². The molecule has 0 aliphatic heterocycles. The first kappa shape index (κ1) is 17.0. The highest BCUT2D eigenvalue weighted by Gasteiger charge is 2.16. The van der Waals surface area contributed by atoms with E-state index in [1.165, 1.54) is 0 Å². The number of carbonyl (C=O) groups excluding carboxylic acids is 1. The predicted octanol–water partition coefficient (Wildman–Crippen LogP) is 1.58. The lowest BCUT2D eigenvalue weighted by molar-refractivity contribution is 0.0945. The molecule has 0 spiro atoms. The summed E-state index contributed by atoms with van der Waals surface area (Å²) in [5, 5.41) is 16.0. The summed E-state index contributed by atoms with van der Waals surface area (Å²) >= 11 is 0. The van der Waals surface area contributed by atoms with Gasteiger partial charge >= 0.3 is 0 Å². The molecule has 0 atom stereocenters. The van der Waals surface area contributed by atoms with Crippen molar-refractivity contribution < 1.29 is 4.79 Å². The molecule has 0 saturated heterocycles. The first-order valence-corrected chi connectivity index (χ1v) is 8.71. The summed E-state index contributed by atoms with van der Waals surface area (Å²) < 4.78 is 5.25. The number of amides is 1. The highest BCUT2D eigenvalue weighted by Crippen LogP contribution is 2.23. The molecule has 0 unspecified atom stereocenters. The Kier molecular flexibility index (Phi) is 4.19. The van der Waals surface area contributed by atoms with E-state index >= 15 is 0 Å². The Morgan fingerprint density at radius 3 is 2.78 bits per heavy atom. The molecule has 0 aromatic carbocycles. The fraction of sp³-hybridized carbons (Fsp3) is 0.278. The van der Waals surface area contributed by atoms with Crippen LogP contribution in [0.2, 0.25) is 0 Å². The fourth-order valence-corrected chi connectivity index (χ4v) is 2.96. The molecule has 0 saturated carbocycles. The Morgan fingerprint density at radius 1 is 1.22 bits per heavy atom. The molecular formula is C18H20N8O. The topological polar surface area (TPSA) is 94.9 Å². The summed E-state index contributed by atoms with van der Waals surface area (Å²) in [4.78, 5) is 16.8. The molecule has 1 amide bonds. The maximum absolute atomic E-state index is 12.5.